The lowest BCUT2D eigenvalue weighted by Crippen LogP contribution is -2.25. The summed E-state index contributed by atoms with van der Waals surface area (Å²) in [5.41, 5.74) is 1.36. The van der Waals surface area contributed by atoms with Crippen LogP contribution in [0.2, 0.25) is 0 Å². The lowest BCUT2D eigenvalue weighted by molar-refractivity contribution is -0.145. The molecule has 2 unspecified atom stereocenters. The van der Waals surface area contributed by atoms with E-state index in [0.717, 1.165) is 0 Å². The average Bonchev–Trinajstić information content (AvgIpc) is 2.71. The Labute approximate surface area is 163 Å². The zero-order valence-corrected chi connectivity index (χ0v) is 15.7. The van der Waals surface area contributed by atoms with Crippen molar-refractivity contribution in [2.45, 2.75) is 32.8 Å². The van der Waals surface area contributed by atoms with Crippen LogP contribution >= 0.6 is 0 Å². The molecule has 6 nitrogen and oxygen atoms in total. The van der Waals surface area contributed by atoms with E-state index in [2.05, 4.69) is 0 Å². The number of carbonyl (C=O) groups excluding carboxylic acids is 2. The number of carboxylic acids is 1. The van der Waals surface area contributed by atoms with Crippen LogP contribution in [-0.2, 0) is 4.79 Å². The molecule has 0 saturated carbocycles. The molecular formula is C22H21NO5. The molecular weight excluding hydrogens is 358 g/mol. The number of rotatable bonds is 9. The Balaban J connectivity index is 2.01. The fourth-order valence-corrected chi connectivity index (χ4v) is 2.67. The summed E-state index contributed by atoms with van der Waals surface area (Å²) in [6.45, 7) is 3.40. The molecule has 0 spiro atoms. The topological polar surface area (TPSA) is 104 Å². The maximum absolute atomic E-state index is 12.6. The lowest BCUT2D eigenvalue weighted by Gasteiger charge is -2.14. The fraction of sp³-hybridized carbons (Fsp3) is 0.273. The fourth-order valence-electron chi connectivity index (χ4n) is 2.67. The molecule has 144 valence electrons. The molecule has 0 amide bonds. The van der Waals surface area contributed by atoms with Crippen molar-refractivity contribution in [1.29, 1.82) is 5.26 Å². The van der Waals surface area contributed by atoms with E-state index >= 15 is 0 Å². The van der Waals surface area contributed by atoms with Gasteiger partial charge in [0.25, 0.3) is 0 Å². The Morgan fingerprint density at radius 2 is 1.61 bits per heavy atom. The van der Waals surface area contributed by atoms with Gasteiger partial charge in [0.2, 0.25) is 0 Å². The standard InChI is InChI=1S/C22H21NO5/c1-3-20(22(26)27)28-18-10-8-17(9-11-18)21(25)14(2)12-19(24)16-6-4-15(13-23)5-7-16/h4-11,14,20H,3,12H2,1-2H3,(H,26,27). The molecule has 1 N–H and O–H groups in total. The Morgan fingerprint density at radius 3 is 2.11 bits per heavy atom. The third-order valence-electron chi connectivity index (χ3n) is 4.34. The van der Waals surface area contributed by atoms with Crippen LogP contribution in [0.25, 0.3) is 0 Å². The van der Waals surface area contributed by atoms with Gasteiger partial charge in [-0.05, 0) is 42.8 Å². The highest BCUT2D eigenvalue weighted by Crippen LogP contribution is 2.20. The van der Waals surface area contributed by atoms with Gasteiger partial charge in [0.15, 0.2) is 17.7 Å². The van der Waals surface area contributed by atoms with E-state index in [1.807, 2.05) is 6.07 Å². The molecule has 0 aliphatic rings. The van der Waals surface area contributed by atoms with Gasteiger partial charge in [-0.25, -0.2) is 4.79 Å². The molecule has 2 atom stereocenters. The number of hydrogen-bond acceptors (Lipinski definition) is 5. The molecule has 6 heteroatoms. The molecule has 0 aliphatic heterocycles. The SMILES string of the molecule is CCC(Oc1ccc(C(=O)C(C)CC(=O)c2ccc(C#N)cc2)cc1)C(=O)O. The molecule has 0 radical (unpaired) electrons. The second kappa shape index (κ2) is 9.47. The van der Waals surface area contributed by atoms with Crippen molar-refractivity contribution in [1.82, 2.24) is 0 Å². The van der Waals surface area contributed by atoms with Crippen molar-refractivity contribution in [3.63, 3.8) is 0 Å². The van der Waals surface area contributed by atoms with E-state index in [1.165, 1.54) is 0 Å². The Morgan fingerprint density at radius 1 is 1.04 bits per heavy atom. The molecule has 0 fully saturated rings. The molecule has 28 heavy (non-hydrogen) atoms. The number of nitriles is 1. The first-order chi connectivity index (χ1) is 13.3. The number of nitrogens with zero attached hydrogens (tertiary/aromatic N) is 1. The zero-order valence-electron chi connectivity index (χ0n) is 15.7. The van der Waals surface area contributed by atoms with Crippen molar-refractivity contribution >= 4 is 17.5 Å². The third kappa shape index (κ3) is 5.27. The first kappa shape index (κ1) is 20.8. The van der Waals surface area contributed by atoms with Gasteiger partial charge < -0.3 is 9.84 Å². The predicted octanol–water partition coefficient (Wildman–Crippen LogP) is 3.89. The summed E-state index contributed by atoms with van der Waals surface area (Å²) in [4.78, 5) is 36.0. The molecule has 2 aromatic rings. The third-order valence-corrected chi connectivity index (χ3v) is 4.34. The van der Waals surface area contributed by atoms with Crippen LogP contribution in [0, 0.1) is 17.2 Å². The number of carbonyl (C=O) groups is 3. The highest BCUT2D eigenvalue weighted by atomic mass is 16.5. The highest BCUT2D eigenvalue weighted by Gasteiger charge is 2.20. The second-order valence-corrected chi connectivity index (χ2v) is 6.46. The normalized spacial score (nSPS) is 12.5. The molecule has 0 aliphatic carbocycles. The van der Waals surface area contributed by atoms with Crippen LogP contribution in [-0.4, -0.2) is 28.7 Å². The molecule has 0 heterocycles. The van der Waals surface area contributed by atoms with Crippen LogP contribution in [0.3, 0.4) is 0 Å². The highest BCUT2D eigenvalue weighted by molar-refractivity contribution is 6.03. The molecule has 2 aromatic carbocycles. The molecule has 0 saturated heterocycles. The van der Waals surface area contributed by atoms with E-state index in [1.54, 1.807) is 62.4 Å². The van der Waals surface area contributed by atoms with Gasteiger partial charge in [-0.3, -0.25) is 9.59 Å². The number of carboxylic acid groups (broad SMARTS) is 1. The summed E-state index contributed by atoms with van der Waals surface area (Å²) < 4.78 is 5.37. The number of benzene rings is 2. The summed E-state index contributed by atoms with van der Waals surface area (Å²) in [5.74, 6) is -1.54. The first-order valence-electron chi connectivity index (χ1n) is 8.92. The van der Waals surface area contributed by atoms with Crippen molar-refractivity contribution < 1.29 is 24.2 Å². The van der Waals surface area contributed by atoms with Crippen LogP contribution in [0.1, 0.15) is 53.0 Å². The van der Waals surface area contributed by atoms with E-state index < -0.39 is 18.0 Å². The minimum absolute atomic E-state index is 0.0555. The smallest absolute Gasteiger partial charge is 0.344 e. The lowest BCUT2D eigenvalue weighted by atomic mass is 9.92. The summed E-state index contributed by atoms with van der Waals surface area (Å²) in [5, 5.41) is 17.8. The molecule has 0 bridgehead atoms. The number of Topliss-reactive ketones (excluding diaryl/α,β-unsaturated/α-hetero) is 2. The van der Waals surface area contributed by atoms with Gasteiger partial charge in [-0.15, -0.1) is 0 Å². The predicted molar refractivity (Wildman–Crippen MR) is 102 cm³/mol. The largest absolute Gasteiger partial charge is 0.479 e. The summed E-state index contributed by atoms with van der Waals surface area (Å²) in [6, 6.07) is 14.5. The van der Waals surface area contributed by atoms with Gasteiger partial charge in [-0.2, -0.15) is 5.26 Å². The van der Waals surface area contributed by atoms with E-state index in [9.17, 15) is 14.4 Å². The second-order valence-electron chi connectivity index (χ2n) is 6.46. The summed E-state index contributed by atoms with van der Waals surface area (Å²) in [7, 11) is 0. The van der Waals surface area contributed by atoms with Crippen LogP contribution < -0.4 is 4.74 Å². The van der Waals surface area contributed by atoms with Gasteiger partial charge in [0.1, 0.15) is 5.75 Å². The van der Waals surface area contributed by atoms with E-state index in [4.69, 9.17) is 15.1 Å². The number of ketones is 2. The average molecular weight is 379 g/mol. The van der Waals surface area contributed by atoms with E-state index in [0.29, 0.717) is 28.9 Å². The number of hydrogen-bond donors (Lipinski definition) is 1. The van der Waals surface area contributed by atoms with Gasteiger partial charge in [-0.1, -0.05) is 26.0 Å². The quantitative estimate of drug-likeness (QED) is 0.663. The summed E-state index contributed by atoms with van der Waals surface area (Å²) >= 11 is 0. The zero-order chi connectivity index (χ0) is 20.7. The first-order valence-corrected chi connectivity index (χ1v) is 8.92. The van der Waals surface area contributed by atoms with Crippen LogP contribution in [0.5, 0.6) is 5.75 Å². The minimum atomic E-state index is -1.04. The maximum Gasteiger partial charge on any atom is 0.344 e. The Hall–Kier alpha value is -3.46. The number of ether oxygens (including phenoxy) is 1. The Kier molecular flexibility index (Phi) is 7.05. The Bertz CT molecular complexity index is 894. The van der Waals surface area contributed by atoms with Crippen molar-refractivity contribution in [2.75, 3.05) is 0 Å². The van der Waals surface area contributed by atoms with Gasteiger partial charge >= 0.3 is 5.97 Å². The van der Waals surface area contributed by atoms with Gasteiger partial charge in [0, 0.05) is 23.5 Å². The molecule has 2 rings (SSSR count). The van der Waals surface area contributed by atoms with Crippen LogP contribution in [0.4, 0.5) is 0 Å². The molecule has 0 aromatic heterocycles. The summed E-state index contributed by atoms with van der Waals surface area (Å²) in [6.07, 6.45) is -0.560. The monoisotopic (exact) mass is 379 g/mol. The van der Waals surface area contributed by atoms with Crippen LogP contribution in [0.15, 0.2) is 48.5 Å². The number of aliphatic carboxylic acids is 1. The van der Waals surface area contributed by atoms with Gasteiger partial charge in [0.05, 0.1) is 11.6 Å². The van der Waals surface area contributed by atoms with Crippen molar-refractivity contribution in [3.8, 4) is 11.8 Å². The van der Waals surface area contributed by atoms with E-state index in [-0.39, 0.29) is 18.0 Å². The van der Waals surface area contributed by atoms with Crippen molar-refractivity contribution in [2.24, 2.45) is 5.92 Å². The minimum Gasteiger partial charge on any atom is -0.479 e. The van der Waals surface area contributed by atoms with Crippen molar-refractivity contribution in [3.05, 3.63) is 65.2 Å². The maximum atomic E-state index is 12.6.